The molecule has 3 N–H and O–H groups in total. The zero-order valence-corrected chi connectivity index (χ0v) is 13.9. The molecule has 1 aliphatic rings. The highest BCUT2D eigenvalue weighted by atomic mass is 32.2. The maximum absolute atomic E-state index is 12.1. The first-order chi connectivity index (χ1) is 11.8. The molecule has 0 aliphatic heterocycles. The Morgan fingerprint density at radius 1 is 1.28 bits per heavy atom. The van der Waals surface area contributed by atoms with Crippen molar-refractivity contribution < 1.29 is 27.9 Å². The Kier molecular flexibility index (Phi) is 5.44. The summed E-state index contributed by atoms with van der Waals surface area (Å²) in [5.74, 6) is -1.23. The van der Waals surface area contributed by atoms with E-state index in [0.717, 1.165) is 0 Å². The van der Waals surface area contributed by atoms with Gasteiger partial charge in [-0.05, 0) is 19.1 Å². The third kappa shape index (κ3) is 4.38. The SMILES string of the molecule is COc1nc(C)nc(NC(=O)NC2C(C(=O)O)=CC=CC2=S(=O)=O)n1. The molecule has 25 heavy (non-hydrogen) atoms. The van der Waals surface area contributed by atoms with E-state index in [9.17, 15) is 23.1 Å². The normalized spacial score (nSPS) is 16.0. The Labute approximate surface area is 143 Å². The van der Waals surface area contributed by atoms with Crippen molar-refractivity contribution in [1.29, 1.82) is 0 Å². The summed E-state index contributed by atoms with van der Waals surface area (Å²) >= 11 is 0. The zero-order chi connectivity index (χ0) is 18.6. The quantitative estimate of drug-likeness (QED) is 0.585. The maximum Gasteiger partial charge on any atom is 0.334 e. The number of methoxy groups -OCH3 is 1. The van der Waals surface area contributed by atoms with E-state index >= 15 is 0 Å². The number of aromatic nitrogens is 3. The molecule has 1 atom stereocenters. The summed E-state index contributed by atoms with van der Waals surface area (Å²) in [5, 5.41) is 13.7. The number of hydrogen-bond acceptors (Lipinski definition) is 8. The largest absolute Gasteiger partial charge is 0.478 e. The first kappa shape index (κ1) is 18.1. The minimum absolute atomic E-state index is 0.0255. The third-order valence-corrected chi connectivity index (χ3v) is 3.74. The van der Waals surface area contributed by atoms with Crippen LogP contribution in [-0.4, -0.2) is 58.5 Å². The number of amides is 2. The van der Waals surface area contributed by atoms with Gasteiger partial charge in [0.1, 0.15) is 11.9 Å². The van der Waals surface area contributed by atoms with Gasteiger partial charge in [0.2, 0.25) is 16.2 Å². The van der Waals surface area contributed by atoms with Crippen molar-refractivity contribution in [2.75, 3.05) is 12.4 Å². The van der Waals surface area contributed by atoms with Crippen LogP contribution in [0, 0.1) is 6.92 Å². The molecule has 132 valence electrons. The van der Waals surface area contributed by atoms with E-state index in [1.165, 1.54) is 25.3 Å². The van der Waals surface area contributed by atoms with Crippen molar-refractivity contribution in [3.8, 4) is 6.01 Å². The minimum Gasteiger partial charge on any atom is -0.478 e. The molecule has 0 radical (unpaired) electrons. The highest BCUT2D eigenvalue weighted by Crippen LogP contribution is 2.12. The van der Waals surface area contributed by atoms with E-state index in [4.69, 9.17) is 4.74 Å². The van der Waals surface area contributed by atoms with Crippen molar-refractivity contribution >= 4 is 33.1 Å². The Bertz CT molecular complexity index is 913. The molecule has 0 saturated heterocycles. The predicted molar refractivity (Wildman–Crippen MR) is 85.8 cm³/mol. The number of urea groups is 1. The molecular formula is C13H13N5O6S. The molecule has 0 saturated carbocycles. The van der Waals surface area contributed by atoms with Gasteiger partial charge in [0.15, 0.2) is 0 Å². The number of carboxylic acids is 1. The van der Waals surface area contributed by atoms with Crippen LogP contribution in [-0.2, 0) is 15.1 Å². The maximum atomic E-state index is 12.1. The van der Waals surface area contributed by atoms with E-state index in [2.05, 4.69) is 25.6 Å². The number of aliphatic carboxylic acids is 1. The fraction of sp³-hybridized carbons (Fsp3) is 0.231. The van der Waals surface area contributed by atoms with Crippen LogP contribution in [0.4, 0.5) is 10.7 Å². The molecular weight excluding hydrogens is 354 g/mol. The highest BCUT2D eigenvalue weighted by molar-refractivity contribution is 7.73. The van der Waals surface area contributed by atoms with Crippen LogP contribution < -0.4 is 15.4 Å². The molecule has 2 amide bonds. The number of hydrogen-bond donors (Lipinski definition) is 3. The lowest BCUT2D eigenvalue weighted by molar-refractivity contribution is -0.132. The fourth-order valence-electron chi connectivity index (χ4n) is 1.96. The van der Waals surface area contributed by atoms with Gasteiger partial charge < -0.3 is 15.2 Å². The predicted octanol–water partition coefficient (Wildman–Crippen LogP) is -0.689. The summed E-state index contributed by atoms with van der Waals surface area (Å²) in [5.41, 5.74) is -0.304. The number of nitrogens with one attached hydrogen (secondary N) is 2. The molecule has 12 heteroatoms. The van der Waals surface area contributed by atoms with Crippen molar-refractivity contribution in [2.24, 2.45) is 0 Å². The summed E-state index contributed by atoms with van der Waals surface area (Å²) in [7, 11) is -1.38. The number of carbonyl (C=O) groups excluding carboxylic acids is 1. The minimum atomic E-state index is -2.72. The Morgan fingerprint density at radius 2 is 2.00 bits per heavy atom. The molecule has 1 heterocycles. The van der Waals surface area contributed by atoms with Crippen molar-refractivity contribution in [1.82, 2.24) is 20.3 Å². The molecule has 0 aromatic carbocycles. The number of carboxylic acid groups (broad SMARTS) is 1. The number of nitrogens with zero attached hydrogens (tertiary/aromatic N) is 3. The first-order valence-corrected chi connectivity index (χ1v) is 7.81. The van der Waals surface area contributed by atoms with E-state index in [1.54, 1.807) is 6.92 Å². The average Bonchev–Trinajstić information content (AvgIpc) is 2.53. The van der Waals surface area contributed by atoms with E-state index in [1.807, 2.05) is 0 Å². The molecule has 2 rings (SSSR count). The number of anilines is 1. The summed E-state index contributed by atoms with van der Waals surface area (Å²) < 4.78 is 27.4. The molecule has 1 aliphatic carbocycles. The van der Waals surface area contributed by atoms with Crippen LogP contribution in [0.15, 0.2) is 23.8 Å². The Hall–Kier alpha value is -3.28. The summed E-state index contributed by atoms with van der Waals surface area (Å²) in [6.45, 7) is 1.55. The molecule has 1 aromatic rings. The second-order valence-corrected chi connectivity index (χ2v) is 5.59. The monoisotopic (exact) mass is 367 g/mol. The number of rotatable bonds is 4. The second-order valence-electron chi connectivity index (χ2n) is 4.65. The van der Waals surface area contributed by atoms with Crippen LogP contribution in [0.3, 0.4) is 0 Å². The number of ether oxygens (including phenoxy) is 1. The standard InChI is InChI=1S/C13H13N5O6S/c1-6-14-11(18-13(15-6)24-2)17-12(21)16-9-7(10(19)20)4-3-5-8(9)25(22)23/h3-5,9H,1-2H3,(H,19,20)(H2,14,15,16,17,18,21). The number of aryl methyl sites for hydroxylation is 1. The average molecular weight is 367 g/mol. The van der Waals surface area contributed by atoms with Gasteiger partial charge in [-0.25, -0.2) is 9.59 Å². The fourth-order valence-corrected chi connectivity index (χ4v) is 2.53. The van der Waals surface area contributed by atoms with Gasteiger partial charge in [-0.15, -0.1) is 0 Å². The summed E-state index contributed by atoms with van der Waals surface area (Å²) in [6.07, 6.45) is 3.65. The van der Waals surface area contributed by atoms with Crippen LogP contribution in [0.5, 0.6) is 6.01 Å². The molecule has 1 aromatic heterocycles. The van der Waals surface area contributed by atoms with Crippen molar-refractivity contribution in [3.63, 3.8) is 0 Å². The number of allylic oxidation sites excluding steroid dienone is 2. The lowest BCUT2D eigenvalue weighted by atomic mass is 9.99. The first-order valence-electron chi connectivity index (χ1n) is 6.73. The van der Waals surface area contributed by atoms with E-state index in [-0.39, 0.29) is 28.2 Å². The molecule has 0 fully saturated rings. The van der Waals surface area contributed by atoms with E-state index in [0.29, 0.717) is 0 Å². The van der Waals surface area contributed by atoms with Gasteiger partial charge in [0, 0.05) is 0 Å². The van der Waals surface area contributed by atoms with Crippen LogP contribution >= 0.6 is 0 Å². The Morgan fingerprint density at radius 3 is 2.60 bits per heavy atom. The van der Waals surface area contributed by atoms with Gasteiger partial charge >= 0.3 is 18.0 Å². The lowest BCUT2D eigenvalue weighted by Crippen LogP contribution is -2.46. The zero-order valence-electron chi connectivity index (χ0n) is 13.0. The van der Waals surface area contributed by atoms with Crippen LogP contribution in [0.2, 0.25) is 0 Å². The van der Waals surface area contributed by atoms with Gasteiger partial charge in [0.05, 0.1) is 17.5 Å². The van der Waals surface area contributed by atoms with Gasteiger partial charge in [0.25, 0.3) is 0 Å². The van der Waals surface area contributed by atoms with Crippen LogP contribution in [0.25, 0.3) is 0 Å². The molecule has 1 unspecified atom stereocenters. The van der Waals surface area contributed by atoms with Crippen molar-refractivity contribution in [2.45, 2.75) is 13.0 Å². The molecule has 11 nitrogen and oxygen atoms in total. The van der Waals surface area contributed by atoms with Crippen LogP contribution in [0.1, 0.15) is 5.82 Å². The molecule has 0 bridgehead atoms. The summed E-state index contributed by atoms with van der Waals surface area (Å²) in [4.78, 5) is 34.6. The van der Waals surface area contributed by atoms with Gasteiger partial charge in [-0.2, -0.15) is 23.4 Å². The topological polar surface area (TPSA) is 160 Å². The molecule has 0 spiro atoms. The second kappa shape index (κ2) is 7.53. The lowest BCUT2D eigenvalue weighted by Gasteiger charge is -2.20. The Balaban J connectivity index is 2.24. The summed E-state index contributed by atoms with van der Waals surface area (Å²) in [6, 6.07) is -2.28. The van der Waals surface area contributed by atoms with Gasteiger partial charge in [-0.1, -0.05) is 6.08 Å². The third-order valence-electron chi connectivity index (χ3n) is 2.98. The smallest absolute Gasteiger partial charge is 0.334 e. The van der Waals surface area contributed by atoms with E-state index < -0.39 is 28.3 Å². The van der Waals surface area contributed by atoms with Gasteiger partial charge in [-0.3, -0.25) is 5.32 Å². The highest BCUT2D eigenvalue weighted by Gasteiger charge is 2.29. The number of carbonyl (C=O) groups is 2. The van der Waals surface area contributed by atoms with Crippen molar-refractivity contribution in [3.05, 3.63) is 29.6 Å².